The third-order valence-corrected chi connectivity index (χ3v) is 6.92. The molecule has 2 fully saturated rings. The van der Waals surface area contributed by atoms with Gasteiger partial charge in [0.2, 0.25) is 5.78 Å². The molecule has 0 bridgehead atoms. The van der Waals surface area contributed by atoms with E-state index in [0.717, 1.165) is 37.7 Å². The minimum absolute atomic E-state index is 0.0387. The number of benzene rings is 1. The van der Waals surface area contributed by atoms with Gasteiger partial charge in [-0.05, 0) is 83.2 Å². The highest BCUT2D eigenvalue weighted by Crippen LogP contribution is 2.34. The molecule has 2 aliphatic rings. The van der Waals surface area contributed by atoms with E-state index >= 15 is 0 Å². The van der Waals surface area contributed by atoms with Crippen molar-refractivity contribution in [2.24, 2.45) is 0 Å². The smallest absolute Gasteiger partial charge is 0.317 e. The van der Waals surface area contributed by atoms with E-state index in [1.807, 2.05) is 19.1 Å². The lowest BCUT2D eigenvalue weighted by atomic mass is 9.82. The molecule has 1 heterocycles. The van der Waals surface area contributed by atoms with E-state index in [1.54, 1.807) is 23.9 Å². The molecule has 1 saturated heterocycles. The molecule has 0 radical (unpaired) electrons. The van der Waals surface area contributed by atoms with Crippen LogP contribution in [0.25, 0.3) is 0 Å². The van der Waals surface area contributed by atoms with Gasteiger partial charge in [-0.25, -0.2) is 9.18 Å². The first-order chi connectivity index (χ1) is 16.8. The van der Waals surface area contributed by atoms with Crippen molar-refractivity contribution in [3.8, 4) is 0 Å². The van der Waals surface area contributed by atoms with Crippen molar-refractivity contribution in [1.29, 1.82) is 0 Å². The molecule has 1 saturated carbocycles. The highest BCUT2D eigenvalue weighted by atomic mass is 19.1. The maximum atomic E-state index is 13.2. The summed E-state index contributed by atoms with van der Waals surface area (Å²) in [5.74, 6) is -0.943. The summed E-state index contributed by atoms with van der Waals surface area (Å²) in [6, 6.07) is 5.86. The number of halogens is 1. The summed E-state index contributed by atoms with van der Waals surface area (Å²) in [6.45, 7) is 3.29. The van der Waals surface area contributed by atoms with Crippen LogP contribution in [-0.4, -0.2) is 86.0 Å². The van der Waals surface area contributed by atoms with Gasteiger partial charge in [0.05, 0.1) is 31.3 Å². The second-order valence-corrected chi connectivity index (χ2v) is 9.84. The quantitative estimate of drug-likeness (QED) is 0.520. The number of piperidine rings is 1. The predicted octanol–water partition coefficient (Wildman–Crippen LogP) is 2.68. The molecule has 2 unspecified atom stereocenters. The standard InChI is InChI=1S/C26H39FN4O4/c1-4-28-26(34)31-15-5-6-22(29-25(33)24(32)16-30(2)3)23(31)17-35-21-13-9-19(10-14-21)18-7-11-20(27)12-8-18/h7-8,11-12,19,21-23H,4-6,9-10,13-17H2,1-3H3,(H,28,34)(H,29,33)/t19-,21+,22?,23?. The van der Waals surface area contributed by atoms with Gasteiger partial charge in [0, 0.05) is 13.1 Å². The topological polar surface area (TPSA) is 91.0 Å². The minimum atomic E-state index is -0.619. The van der Waals surface area contributed by atoms with E-state index in [4.69, 9.17) is 4.74 Å². The molecule has 1 aliphatic heterocycles. The molecule has 1 aliphatic carbocycles. The first-order valence-electron chi connectivity index (χ1n) is 12.7. The molecule has 1 aromatic carbocycles. The molecular weight excluding hydrogens is 451 g/mol. The molecule has 2 atom stereocenters. The lowest BCUT2D eigenvalue weighted by Gasteiger charge is -2.42. The van der Waals surface area contributed by atoms with Crippen molar-refractivity contribution in [2.45, 2.75) is 69.6 Å². The minimum Gasteiger partial charge on any atom is -0.376 e. The largest absolute Gasteiger partial charge is 0.376 e. The summed E-state index contributed by atoms with van der Waals surface area (Å²) >= 11 is 0. The number of carbonyl (C=O) groups is 3. The first kappa shape index (κ1) is 27.1. The van der Waals surface area contributed by atoms with E-state index in [9.17, 15) is 18.8 Å². The van der Waals surface area contributed by atoms with Gasteiger partial charge >= 0.3 is 6.03 Å². The normalized spacial score (nSPS) is 24.8. The van der Waals surface area contributed by atoms with Crippen LogP contribution in [0.3, 0.4) is 0 Å². The van der Waals surface area contributed by atoms with Crippen LogP contribution in [0, 0.1) is 5.82 Å². The number of ether oxygens (including phenoxy) is 1. The van der Waals surface area contributed by atoms with Gasteiger partial charge in [-0.3, -0.25) is 9.59 Å². The molecule has 194 valence electrons. The predicted molar refractivity (Wildman–Crippen MR) is 132 cm³/mol. The highest BCUT2D eigenvalue weighted by Gasteiger charge is 2.37. The van der Waals surface area contributed by atoms with Crippen molar-refractivity contribution in [3.63, 3.8) is 0 Å². The summed E-state index contributed by atoms with van der Waals surface area (Å²) < 4.78 is 19.5. The van der Waals surface area contributed by atoms with E-state index in [2.05, 4.69) is 10.6 Å². The molecule has 0 aromatic heterocycles. The number of urea groups is 1. The summed E-state index contributed by atoms with van der Waals surface area (Å²) in [6.07, 6.45) is 5.17. The van der Waals surface area contributed by atoms with Crippen LogP contribution in [-0.2, 0) is 14.3 Å². The Labute approximate surface area is 207 Å². The van der Waals surface area contributed by atoms with Gasteiger partial charge in [-0.15, -0.1) is 0 Å². The van der Waals surface area contributed by atoms with Crippen molar-refractivity contribution >= 4 is 17.7 Å². The Kier molecular flexibility index (Phi) is 10.0. The molecule has 1 aromatic rings. The Hall–Kier alpha value is -2.52. The van der Waals surface area contributed by atoms with Gasteiger partial charge in [-0.1, -0.05) is 12.1 Å². The Balaban J connectivity index is 1.60. The van der Waals surface area contributed by atoms with Crippen LogP contribution >= 0.6 is 0 Å². The van der Waals surface area contributed by atoms with Crippen LogP contribution in [0.1, 0.15) is 56.9 Å². The van der Waals surface area contributed by atoms with E-state index in [-0.39, 0.29) is 36.6 Å². The molecule has 9 heteroatoms. The van der Waals surface area contributed by atoms with Crippen molar-refractivity contribution < 1.29 is 23.5 Å². The second-order valence-electron chi connectivity index (χ2n) is 9.84. The maximum Gasteiger partial charge on any atom is 0.317 e. The lowest BCUT2D eigenvalue weighted by Crippen LogP contribution is -2.61. The fourth-order valence-electron chi connectivity index (χ4n) is 5.08. The summed E-state index contributed by atoms with van der Waals surface area (Å²) in [5, 5.41) is 5.73. The molecule has 3 amide bonds. The molecule has 8 nitrogen and oxygen atoms in total. The maximum absolute atomic E-state index is 13.2. The van der Waals surface area contributed by atoms with Crippen LogP contribution in [0.2, 0.25) is 0 Å². The number of likely N-dealkylation sites (tertiary alicyclic amines) is 1. The highest BCUT2D eigenvalue weighted by molar-refractivity contribution is 6.37. The van der Waals surface area contributed by atoms with Crippen LogP contribution in [0.15, 0.2) is 24.3 Å². The molecule has 3 rings (SSSR count). The number of carbonyl (C=O) groups excluding carboxylic acids is 3. The number of amides is 3. The zero-order valence-electron chi connectivity index (χ0n) is 21.1. The van der Waals surface area contributed by atoms with Crippen molar-refractivity contribution in [2.75, 3.05) is 40.3 Å². The van der Waals surface area contributed by atoms with E-state index in [1.165, 1.54) is 12.1 Å². The number of hydrogen-bond acceptors (Lipinski definition) is 5. The third kappa shape index (κ3) is 7.73. The number of rotatable bonds is 9. The van der Waals surface area contributed by atoms with Crippen LogP contribution < -0.4 is 10.6 Å². The van der Waals surface area contributed by atoms with Crippen LogP contribution in [0.4, 0.5) is 9.18 Å². The van der Waals surface area contributed by atoms with Gasteiger partial charge in [0.25, 0.3) is 5.91 Å². The van der Waals surface area contributed by atoms with Crippen molar-refractivity contribution in [1.82, 2.24) is 20.4 Å². The fraction of sp³-hybridized carbons (Fsp3) is 0.654. The lowest BCUT2D eigenvalue weighted by molar-refractivity contribution is -0.139. The summed E-state index contributed by atoms with van der Waals surface area (Å²) in [7, 11) is 3.48. The molecular formula is C26H39FN4O4. The Bertz CT molecular complexity index is 855. The fourth-order valence-corrected chi connectivity index (χ4v) is 5.08. The number of nitrogens with one attached hydrogen (secondary N) is 2. The van der Waals surface area contributed by atoms with Gasteiger partial charge < -0.3 is 25.2 Å². The number of ketones is 1. The molecule has 2 N–H and O–H groups in total. The van der Waals surface area contributed by atoms with Gasteiger partial charge in [0.15, 0.2) is 0 Å². The van der Waals surface area contributed by atoms with E-state index in [0.29, 0.717) is 32.0 Å². The Morgan fingerprint density at radius 1 is 1.09 bits per heavy atom. The number of hydrogen-bond donors (Lipinski definition) is 2. The van der Waals surface area contributed by atoms with Gasteiger partial charge in [0.1, 0.15) is 5.82 Å². The van der Waals surface area contributed by atoms with Crippen LogP contribution in [0.5, 0.6) is 0 Å². The second kappa shape index (κ2) is 13.0. The average molecular weight is 491 g/mol. The number of nitrogens with zero attached hydrogens (tertiary/aromatic N) is 2. The third-order valence-electron chi connectivity index (χ3n) is 6.92. The number of likely N-dealkylation sites (N-methyl/N-ethyl adjacent to an activating group) is 1. The Morgan fingerprint density at radius 3 is 2.40 bits per heavy atom. The molecule has 0 spiro atoms. The van der Waals surface area contributed by atoms with Gasteiger partial charge in [-0.2, -0.15) is 0 Å². The first-order valence-corrected chi connectivity index (χ1v) is 12.7. The average Bonchev–Trinajstić information content (AvgIpc) is 2.83. The SMILES string of the molecule is CCNC(=O)N1CCCC(NC(=O)C(=O)CN(C)C)C1CO[C@H]1CC[C@@H](c2ccc(F)cc2)CC1. The summed E-state index contributed by atoms with van der Waals surface area (Å²) in [5.41, 5.74) is 1.16. The molecule has 35 heavy (non-hydrogen) atoms. The Morgan fingerprint density at radius 2 is 1.77 bits per heavy atom. The number of Topliss-reactive ketones (excluding diaryl/α,β-unsaturated/α-hetero) is 1. The zero-order valence-corrected chi connectivity index (χ0v) is 21.1. The zero-order chi connectivity index (χ0) is 25.4. The van der Waals surface area contributed by atoms with E-state index < -0.39 is 11.7 Å². The van der Waals surface area contributed by atoms with Crippen molar-refractivity contribution in [3.05, 3.63) is 35.6 Å². The summed E-state index contributed by atoms with van der Waals surface area (Å²) in [4.78, 5) is 40.9. The monoisotopic (exact) mass is 490 g/mol.